The molecule has 5 heteroatoms. The van der Waals surface area contributed by atoms with Crippen molar-refractivity contribution in [1.82, 2.24) is 4.90 Å². The predicted octanol–water partition coefficient (Wildman–Crippen LogP) is 4.84. The number of methoxy groups -OCH3 is 1. The Morgan fingerprint density at radius 3 is 2.38 bits per heavy atom. The minimum atomic E-state index is -0.310. The fraction of sp³-hybridized carbons (Fsp3) is 0.310. The normalized spacial score (nSPS) is 17.1. The molecule has 3 aromatic rings. The molecule has 0 saturated heterocycles. The third kappa shape index (κ3) is 5.72. The van der Waals surface area contributed by atoms with Crippen molar-refractivity contribution >= 4 is 11.9 Å². The molecular formula is C29H31NO4. The van der Waals surface area contributed by atoms with E-state index in [9.17, 15) is 9.59 Å². The molecule has 1 aliphatic rings. The minimum Gasteiger partial charge on any atom is -0.465 e. The zero-order chi connectivity index (χ0) is 23.9. The van der Waals surface area contributed by atoms with E-state index in [1.54, 1.807) is 0 Å². The molecule has 4 rings (SSSR count). The third-order valence-corrected chi connectivity index (χ3v) is 6.50. The van der Waals surface area contributed by atoms with Gasteiger partial charge in [0.15, 0.2) is 0 Å². The molecule has 0 aromatic heterocycles. The Hall–Kier alpha value is -3.44. The van der Waals surface area contributed by atoms with Gasteiger partial charge in [-0.2, -0.15) is 0 Å². The number of hydrogen-bond donors (Lipinski definition) is 0. The van der Waals surface area contributed by atoms with Crippen molar-refractivity contribution in [2.24, 2.45) is 5.92 Å². The molecule has 0 unspecified atom stereocenters. The Kier molecular flexibility index (Phi) is 7.76. The van der Waals surface area contributed by atoms with Gasteiger partial charge in [-0.3, -0.25) is 9.69 Å². The van der Waals surface area contributed by atoms with Crippen molar-refractivity contribution in [3.63, 3.8) is 0 Å². The Morgan fingerprint density at radius 1 is 0.971 bits per heavy atom. The van der Waals surface area contributed by atoms with Crippen LogP contribution in [0.2, 0.25) is 0 Å². The summed E-state index contributed by atoms with van der Waals surface area (Å²) in [6, 6.07) is 26.1. The largest absolute Gasteiger partial charge is 0.465 e. The maximum Gasteiger partial charge on any atom is 0.337 e. The van der Waals surface area contributed by atoms with E-state index in [0.717, 1.165) is 24.9 Å². The van der Waals surface area contributed by atoms with E-state index >= 15 is 0 Å². The summed E-state index contributed by atoms with van der Waals surface area (Å²) >= 11 is 0. The molecule has 0 fully saturated rings. The molecule has 0 heterocycles. The van der Waals surface area contributed by atoms with Crippen LogP contribution in [0.25, 0.3) is 0 Å². The first kappa shape index (κ1) is 23.7. The van der Waals surface area contributed by atoms with Gasteiger partial charge in [-0.15, -0.1) is 0 Å². The molecule has 2 atom stereocenters. The van der Waals surface area contributed by atoms with E-state index in [1.807, 2.05) is 55.6 Å². The molecular weight excluding hydrogens is 426 g/mol. The van der Waals surface area contributed by atoms with Crippen molar-refractivity contribution in [3.8, 4) is 0 Å². The number of nitrogens with zero attached hydrogens (tertiary/aromatic N) is 1. The Bertz CT molecular complexity index is 1110. The van der Waals surface area contributed by atoms with Crippen molar-refractivity contribution < 1.29 is 19.1 Å². The molecule has 5 nitrogen and oxygen atoms in total. The van der Waals surface area contributed by atoms with E-state index in [2.05, 4.69) is 35.2 Å². The van der Waals surface area contributed by atoms with Crippen LogP contribution in [-0.4, -0.2) is 44.1 Å². The van der Waals surface area contributed by atoms with E-state index in [1.165, 1.54) is 23.8 Å². The van der Waals surface area contributed by atoms with Gasteiger partial charge in [0, 0.05) is 12.5 Å². The maximum atomic E-state index is 12.4. The summed E-state index contributed by atoms with van der Waals surface area (Å²) in [6.07, 6.45) is 1.86. The van der Waals surface area contributed by atoms with Gasteiger partial charge in [-0.1, -0.05) is 66.7 Å². The van der Waals surface area contributed by atoms with E-state index in [0.29, 0.717) is 18.1 Å². The van der Waals surface area contributed by atoms with Gasteiger partial charge < -0.3 is 9.47 Å². The molecule has 0 aliphatic heterocycles. The Balaban J connectivity index is 1.47. The summed E-state index contributed by atoms with van der Waals surface area (Å²) in [4.78, 5) is 26.5. The third-order valence-electron chi connectivity index (χ3n) is 6.50. The first-order valence-electron chi connectivity index (χ1n) is 11.7. The molecule has 0 amide bonds. The average molecular weight is 458 g/mol. The molecule has 0 spiro atoms. The lowest BCUT2D eigenvalue weighted by Crippen LogP contribution is -2.36. The van der Waals surface area contributed by atoms with Crippen LogP contribution in [0.1, 0.15) is 45.0 Å². The number of carbonyl (C=O) groups excluding carboxylic acids is 2. The summed E-state index contributed by atoms with van der Waals surface area (Å²) in [5, 5.41) is 0. The standard InChI is InChI=1S/C29H31NO4/c1-30(19-27(31)34-20-21-9-5-3-6-10-21)18-25-14-13-23-17-24(29(32)33-2)15-16-26(23)28(25)22-11-7-4-8-12-22/h3-12,15-17,25,28H,13-14,18-20H2,1-2H3/t25-,28+/m1/s1. The van der Waals surface area contributed by atoms with Gasteiger partial charge in [0.05, 0.1) is 19.2 Å². The Labute approximate surface area is 201 Å². The van der Waals surface area contributed by atoms with Crippen LogP contribution in [0.5, 0.6) is 0 Å². The number of fused-ring (bicyclic) bond motifs is 1. The van der Waals surface area contributed by atoms with Gasteiger partial charge >= 0.3 is 11.9 Å². The van der Waals surface area contributed by atoms with Gasteiger partial charge in [-0.05, 0) is 60.2 Å². The highest BCUT2D eigenvalue weighted by atomic mass is 16.5. The molecule has 0 radical (unpaired) electrons. The zero-order valence-electron chi connectivity index (χ0n) is 19.8. The molecule has 0 N–H and O–H groups in total. The fourth-order valence-corrected chi connectivity index (χ4v) is 4.91. The fourth-order valence-electron chi connectivity index (χ4n) is 4.91. The number of likely N-dealkylation sites (N-methyl/N-ethyl adjacent to an activating group) is 1. The zero-order valence-corrected chi connectivity index (χ0v) is 19.8. The summed E-state index contributed by atoms with van der Waals surface area (Å²) in [6.45, 7) is 1.32. The maximum absolute atomic E-state index is 12.4. The number of aryl methyl sites for hydroxylation is 1. The van der Waals surface area contributed by atoms with Gasteiger partial charge in [0.2, 0.25) is 0 Å². The van der Waals surface area contributed by atoms with Crippen molar-refractivity contribution in [1.29, 1.82) is 0 Å². The lowest BCUT2D eigenvalue weighted by molar-refractivity contribution is -0.146. The van der Waals surface area contributed by atoms with Gasteiger partial charge in [0.1, 0.15) is 6.61 Å². The number of benzene rings is 3. The molecule has 34 heavy (non-hydrogen) atoms. The topological polar surface area (TPSA) is 55.8 Å². The van der Waals surface area contributed by atoms with E-state index in [-0.39, 0.29) is 24.4 Å². The van der Waals surface area contributed by atoms with Gasteiger partial charge in [-0.25, -0.2) is 4.79 Å². The molecule has 3 aromatic carbocycles. The minimum absolute atomic E-state index is 0.194. The predicted molar refractivity (Wildman–Crippen MR) is 132 cm³/mol. The van der Waals surface area contributed by atoms with Crippen LogP contribution < -0.4 is 0 Å². The highest BCUT2D eigenvalue weighted by Crippen LogP contribution is 2.41. The van der Waals surface area contributed by atoms with Crippen LogP contribution in [-0.2, 0) is 27.3 Å². The summed E-state index contributed by atoms with van der Waals surface area (Å²) < 4.78 is 10.4. The lowest BCUT2D eigenvalue weighted by Gasteiger charge is -2.36. The lowest BCUT2D eigenvalue weighted by atomic mass is 9.71. The summed E-state index contributed by atoms with van der Waals surface area (Å²) in [5.41, 5.74) is 5.26. The number of rotatable bonds is 8. The summed E-state index contributed by atoms with van der Waals surface area (Å²) in [7, 11) is 3.38. The van der Waals surface area contributed by atoms with E-state index in [4.69, 9.17) is 9.47 Å². The van der Waals surface area contributed by atoms with Crippen molar-refractivity contribution in [2.45, 2.75) is 25.4 Å². The van der Waals surface area contributed by atoms with Crippen molar-refractivity contribution in [2.75, 3.05) is 27.2 Å². The molecule has 0 saturated carbocycles. The SMILES string of the molecule is COC(=O)c1ccc2c(c1)CC[C@H](CN(C)CC(=O)OCc1ccccc1)[C@@H]2c1ccccc1. The monoisotopic (exact) mass is 457 g/mol. The molecule has 176 valence electrons. The number of esters is 2. The highest BCUT2D eigenvalue weighted by Gasteiger charge is 2.32. The van der Waals surface area contributed by atoms with E-state index < -0.39 is 0 Å². The first-order chi connectivity index (χ1) is 16.5. The summed E-state index contributed by atoms with van der Waals surface area (Å²) in [5.74, 6) is 0.00159. The quantitative estimate of drug-likeness (QED) is 0.453. The van der Waals surface area contributed by atoms with Crippen LogP contribution in [0.3, 0.4) is 0 Å². The second kappa shape index (κ2) is 11.1. The van der Waals surface area contributed by atoms with Crippen LogP contribution >= 0.6 is 0 Å². The second-order valence-corrected chi connectivity index (χ2v) is 8.94. The number of hydrogen-bond acceptors (Lipinski definition) is 5. The number of carbonyl (C=O) groups is 2. The van der Waals surface area contributed by atoms with Crippen LogP contribution in [0.15, 0.2) is 78.9 Å². The van der Waals surface area contributed by atoms with Gasteiger partial charge in [0.25, 0.3) is 0 Å². The first-order valence-corrected chi connectivity index (χ1v) is 11.7. The highest BCUT2D eigenvalue weighted by molar-refractivity contribution is 5.89. The second-order valence-electron chi connectivity index (χ2n) is 8.94. The van der Waals surface area contributed by atoms with Crippen molar-refractivity contribution in [3.05, 3.63) is 107 Å². The smallest absolute Gasteiger partial charge is 0.337 e. The molecule has 1 aliphatic carbocycles. The Morgan fingerprint density at radius 2 is 1.68 bits per heavy atom. The van der Waals surface area contributed by atoms with Crippen LogP contribution in [0, 0.1) is 5.92 Å². The molecule has 0 bridgehead atoms. The van der Waals surface area contributed by atoms with Crippen LogP contribution in [0.4, 0.5) is 0 Å². The average Bonchev–Trinajstić information content (AvgIpc) is 2.87. The number of ether oxygens (including phenoxy) is 2.